The minimum Gasteiger partial charge on any atom is -0.476 e. The molecule has 1 fully saturated rings. The number of carboxylic acids is 1. The van der Waals surface area contributed by atoms with Crippen LogP contribution in [0, 0.1) is 11.3 Å². The summed E-state index contributed by atoms with van der Waals surface area (Å²) in [5, 5.41) is 19.9. The number of carbonyl (C=O) groups is 1. The summed E-state index contributed by atoms with van der Waals surface area (Å²) >= 11 is 1.41. The number of thiazole rings is 1. The third-order valence-corrected chi connectivity index (χ3v) is 3.93. The Morgan fingerprint density at radius 2 is 2.47 bits per heavy atom. The Kier molecular flexibility index (Phi) is 2.87. The molecule has 1 aliphatic carbocycles. The van der Waals surface area contributed by atoms with Gasteiger partial charge in [-0.15, -0.1) is 11.3 Å². The Morgan fingerprint density at radius 3 is 3.11 bits per heavy atom. The van der Waals surface area contributed by atoms with Gasteiger partial charge in [0, 0.05) is 24.2 Å². The second-order valence-corrected chi connectivity index (χ2v) is 5.35. The van der Waals surface area contributed by atoms with E-state index in [1.165, 1.54) is 11.3 Å². The number of aromatic nitrogens is 2. The van der Waals surface area contributed by atoms with Crippen LogP contribution in [0.25, 0.3) is 4.96 Å². The van der Waals surface area contributed by atoms with E-state index in [4.69, 9.17) is 5.26 Å². The molecule has 6 nitrogen and oxygen atoms in total. The van der Waals surface area contributed by atoms with Gasteiger partial charge in [0.25, 0.3) is 0 Å². The first-order chi connectivity index (χ1) is 9.22. The van der Waals surface area contributed by atoms with Crippen molar-refractivity contribution in [3.05, 3.63) is 17.3 Å². The second-order valence-electron chi connectivity index (χ2n) is 4.48. The molecule has 0 saturated heterocycles. The molecule has 98 valence electrons. The summed E-state index contributed by atoms with van der Waals surface area (Å²) in [6.45, 7) is 0.534. The predicted octanol–water partition coefficient (Wildman–Crippen LogP) is 1.98. The lowest BCUT2D eigenvalue weighted by Gasteiger charge is -2.21. The van der Waals surface area contributed by atoms with Crippen LogP contribution in [0.2, 0.25) is 0 Å². The zero-order valence-electron chi connectivity index (χ0n) is 10.1. The SMILES string of the molecule is N#CCCN(c1nc2sccn2c1C(=O)O)C1CC1. The van der Waals surface area contributed by atoms with Crippen molar-refractivity contribution in [2.75, 3.05) is 11.4 Å². The summed E-state index contributed by atoms with van der Waals surface area (Å²) in [5.74, 6) is -0.486. The summed E-state index contributed by atoms with van der Waals surface area (Å²) in [5.41, 5.74) is 0.195. The molecule has 0 unspecified atom stereocenters. The van der Waals surface area contributed by atoms with Gasteiger partial charge in [0.15, 0.2) is 16.5 Å². The second kappa shape index (κ2) is 4.55. The van der Waals surface area contributed by atoms with E-state index >= 15 is 0 Å². The zero-order chi connectivity index (χ0) is 13.4. The molecule has 0 bridgehead atoms. The third kappa shape index (κ3) is 2.04. The molecule has 2 heterocycles. The highest BCUT2D eigenvalue weighted by atomic mass is 32.1. The first kappa shape index (κ1) is 12.0. The highest BCUT2D eigenvalue weighted by Gasteiger charge is 2.34. The van der Waals surface area contributed by atoms with Crippen molar-refractivity contribution in [2.24, 2.45) is 0 Å². The van der Waals surface area contributed by atoms with Crippen LogP contribution in [0.4, 0.5) is 5.82 Å². The topological polar surface area (TPSA) is 81.6 Å². The number of hydrogen-bond acceptors (Lipinski definition) is 5. The summed E-state index contributed by atoms with van der Waals surface area (Å²) in [6, 6.07) is 2.44. The van der Waals surface area contributed by atoms with Gasteiger partial charge in [-0.05, 0) is 12.8 Å². The van der Waals surface area contributed by atoms with Crippen LogP contribution in [0.5, 0.6) is 0 Å². The van der Waals surface area contributed by atoms with Crippen LogP contribution in [-0.4, -0.2) is 33.0 Å². The summed E-state index contributed by atoms with van der Waals surface area (Å²) in [6.07, 6.45) is 4.17. The average molecular weight is 276 g/mol. The Morgan fingerprint density at radius 1 is 1.68 bits per heavy atom. The molecular formula is C12H12N4O2S. The highest BCUT2D eigenvalue weighted by Crippen LogP contribution is 2.34. The monoisotopic (exact) mass is 276 g/mol. The van der Waals surface area contributed by atoms with Gasteiger partial charge < -0.3 is 10.0 Å². The van der Waals surface area contributed by atoms with Crippen molar-refractivity contribution in [1.82, 2.24) is 9.38 Å². The number of nitrogens with zero attached hydrogens (tertiary/aromatic N) is 4. The first-order valence-electron chi connectivity index (χ1n) is 6.05. The number of anilines is 1. The smallest absolute Gasteiger partial charge is 0.356 e. The van der Waals surface area contributed by atoms with Gasteiger partial charge >= 0.3 is 5.97 Å². The molecule has 0 aliphatic heterocycles. The Labute approximate surface area is 113 Å². The molecule has 19 heavy (non-hydrogen) atoms. The maximum atomic E-state index is 11.5. The van der Waals surface area contributed by atoms with Crippen LogP contribution in [0.1, 0.15) is 29.8 Å². The Bertz CT molecular complexity index is 665. The maximum absolute atomic E-state index is 11.5. The van der Waals surface area contributed by atoms with Crippen molar-refractivity contribution < 1.29 is 9.90 Å². The average Bonchev–Trinajstić information content (AvgIpc) is 2.98. The van der Waals surface area contributed by atoms with E-state index in [1.807, 2.05) is 10.3 Å². The fourth-order valence-electron chi connectivity index (χ4n) is 2.19. The molecule has 7 heteroatoms. The largest absolute Gasteiger partial charge is 0.476 e. The van der Waals surface area contributed by atoms with Gasteiger partial charge in [0.1, 0.15) is 0 Å². The van der Waals surface area contributed by atoms with Crippen molar-refractivity contribution in [3.63, 3.8) is 0 Å². The van der Waals surface area contributed by atoms with E-state index < -0.39 is 5.97 Å². The van der Waals surface area contributed by atoms with E-state index in [1.54, 1.807) is 10.6 Å². The normalized spacial score (nSPS) is 14.5. The fourth-order valence-corrected chi connectivity index (χ4v) is 2.90. The Hall–Kier alpha value is -2.07. The van der Waals surface area contributed by atoms with Crippen molar-refractivity contribution in [3.8, 4) is 6.07 Å². The number of imidazole rings is 1. The summed E-state index contributed by atoms with van der Waals surface area (Å²) < 4.78 is 1.60. The van der Waals surface area contributed by atoms with Crippen LogP contribution >= 0.6 is 11.3 Å². The molecule has 1 N–H and O–H groups in total. The molecule has 3 rings (SSSR count). The first-order valence-corrected chi connectivity index (χ1v) is 6.92. The standard InChI is InChI=1S/C12H12N4O2S/c13-4-1-5-15(8-2-3-8)10-9(11(17)18)16-6-7-19-12(16)14-10/h6-8H,1-3,5H2,(H,17,18). The van der Waals surface area contributed by atoms with Gasteiger partial charge in [-0.1, -0.05) is 0 Å². The molecule has 0 radical (unpaired) electrons. The molecule has 0 atom stereocenters. The predicted molar refractivity (Wildman–Crippen MR) is 70.6 cm³/mol. The van der Waals surface area contributed by atoms with Crippen molar-refractivity contribution in [2.45, 2.75) is 25.3 Å². The number of fused-ring (bicyclic) bond motifs is 1. The molecule has 2 aromatic heterocycles. The summed E-state index contributed by atoms with van der Waals surface area (Å²) in [7, 11) is 0. The molecule has 0 spiro atoms. The van der Waals surface area contributed by atoms with Crippen LogP contribution in [0.3, 0.4) is 0 Å². The number of aromatic carboxylic acids is 1. The van der Waals surface area contributed by atoms with Crippen LogP contribution in [-0.2, 0) is 0 Å². The van der Waals surface area contributed by atoms with E-state index in [0.717, 1.165) is 12.8 Å². The van der Waals surface area contributed by atoms with E-state index in [0.29, 0.717) is 29.8 Å². The lowest BCUT2D eigenvalue weighted by atomic mass is 10.3. The van der Waals surface area contributed by atoms with E-state index in [-0.39, 0.29) is 5.69 Å². The minimum atomic E-state index is -0.983. The fraction of sp³-hybridized carbons (Fsp3) is 0.417. The Balaban J connectivity index is 2.06. The number of nitriles is 1. The van der Waals surface area contributed by atoms with Gasteiger partial charge in [-0.3, -0.25) is 4.40 Å². The molecule has 0 amide bonds. The molecule has 0 aromatic carbocycles. The van der Waals surface area contributed by atoms with Gasteiger partial charge in [-0.25, -0.2) is 9.78 Å². The van der Waals surface area contributed by atoms with Crippen molar-refractivity contribution in [1.29, 1.82) is 5.26 Å². The van der Waals surface area contributed by atoms with Crippen LogP contribution < -0.4 is 4.90 Å². The number of rotatable bonds is 5. The molecular weight excluding hydrogens is 264 g/mol. The highest BCUT2D eigenvalue weighted by molar-refractivity contribution is 7.15. The van der Waals surface area contributed by atoms with Crippen molar-refractivity contribution >= 4 is 28.1 Å². The van der Waals surface area contributed by atoms with Gasteiger partial charge in [-0.2, -0.15) is 5.26 Å². The molecule has 2 aromatic rings. The van der Waals surface area contributed by atoms with Gasteiger partial charge in [0.05, 0.1) is 12.5 Å². The lowest BCUT2D eigenvalue weighted by Crippen LogP contribution is -2.28. The zero-order valence-corrected chi connectivity index (χ0v) is 10.9. The van der Waals surface area contributed by atoms with E-state index in [2.05, 4.69) is 11.1 Å². The molecule has 1 aliphatic rings. The minimum absolute atomic E-state index is 0.195. The lowest BCUT2D eigenvalue weighted by molar-refractivity contribution is 0.0690. The maximum Gasteiger partial charge on any atom is 0.356 e. The van der Waals surface area contributed by atoms with Crippen LogP contribution in [0.15, 0.2) is 11.6 Å². The quantitative estimate of drug-likeness (QED) is 0.903. The third-order valence-electron chi connectivity index (χ3n) is 3.17. The van der Waals surface area contributed by atoms with E-state index in [9.17, 15) is 9.90 Å². The number of carboxylic acid groups (broad SMARTS) is 1. The van der Waals surface area contributed by atoms with Gasteiger partial charge in [0.2, 0.25) is 0 Å². The summed E-state index contributed by atoms with van der Waals surface area (Å²) in [4.78, 5) is 18.5. The number of hydrogen-bond donors (Lipinski definition) is 1. The molecule has 1 saturated carbocycles.